The molecule has 2 aromatic carbocycles. The van der Waals surface area contributed by atoms with Gasteiger partial charge in [0.25, 0.3) is 5.91 Å². The summed E-state index contributed by atoms with van der Waals surface area (Å²) < 4.78 is 16.7. The van der Waals surface area contributed by atoms with Crippen LogP contribution in [0.1, 0.15) is 0 Å². The number of carbonyl (C=O) groups excluding carboxylic acids is 1. The fourth-order valence-corrected chi connectivity index (χ4v) is 2.94. The summed E-state index contributed by atoms with van der Waals surface area (Å²) in [4.78, 5) is 13.5. The van der Waals surface area contributed by atoms with Crippen molar-refractivity contribution in [2.45, 2.75) is 11.0 Å². The number of fused-ring (bicyclic) bond motifs is 1. The van der Waals surface area contributed by atoms with Crippen molar-refractivity contribution in [2.24, 2.45) is 0 Å². The third kappa shape index (κ3) is 3.36. The molecule has 0 aliphatic carbocycles. The van der Waals surface area contributed by atoms with Gasteiger partial charge in [-0.1, -0.05) is 23.3 Å². The number of carbonyl (C=O) groups is 1. The predicted molar refractivity (Wildman–Crippen MR) is 96.5 cm³/mol. The number of para-hydroxylation sites is 2. The van der Waals surface area contributed by atoms with Crippen LogP contribution in [0.4, 0.5) is 6.01 Å². The van der Waals surface area contributed by atoms with Crippen molar-refractivity contribution < 1.29 is 18.7 Å². The van der Waals surface area contributed by atoms with Crippen molar-refractivity contribution in [3.05, 3.63) is 48.5 Å². The summed E-state index contributed by atoms with van der Waals surface area (Å²) >= 11 is 1.62. The molecule has 3 aromatic rings. The lowest BCUT2D eigenvalue weighted by Crippen LogP contribution is -2.40. The molecule has 1 atom stereocenters. The number of hydrogen-bond acceptors (Lipinski definition) is 7. The smallest absolute Gasteiger partial charge is 0.322 e. The average molecular weight is 369 g/mol. The Bertz CT molecular complexity index is 943. The van der Waals surface area contributed by atoms with Gasteiger partial charge in [-0.15, -0.1) is 16.9 Å². The van der Waals surface area contributed by atoms with Gasteiger partial charge in [0, 0.05) is 10.5 Å². The number of nitrogens with zero attached hydrogens (tertiary/aromatic N) is 2. The maximum Gasteiger partial charge on any atom is 0.322 e. The minimum Gasteiger partial charge on any atom is -0.485 e. The molecule has 8 heteroatoms. The molecule has 0 saturated heterocycles. The molecule has 0 fully saturated rings. The number of aromatic nitrogens is 2. The van der Waals surface area contributed by atoms with Crippen LogP contribution in [0.2, 0.25) is 0 Å². The van der Waals surface area contributed by atoms with Crippen molar-refractivity contribution in [3.8, 4) is 23.0 Å². The standard InChI is InChI=1S/C18H15N3O4S/c1-26-12-6-4-5-11(9-12)17-20-21-18(25-17)19-16(22)15-10-23-13-7-2-3-8-14(13)24-15/h2-9,15H,10H2,1H3,(H,19,21,22). The van der Waals surface area contributed by atoms with E-state index < -0.39 is 12.0 Å². The summed E-state index contributed by atoms with van der Waals surface area (Å²) in [7, 11) is 0. The summed E-state index contributed by atoms with van der Waals surface area (Å²) in [5.41, 5.74) is 0.788. The lowest BCUT2D eigenvalue weighted by atomic mass is 10.2. The van der Waals surface area contributed by atoms with Gasteiger partial charge in [-0.2, -0.15) is 0 Å². The SMILES string of the molecule is CSc1cccc(-c2nnc(NC(=O)C3COc4ccccc4O3)o2)c1. The molecule has 1 aromatic heterocycles. The summed E-state index contributed by atoms with van der Waals surface area (Å²) in [6.07, 6.45) is 1.20. The van der Waals surface area contributed by atoms with Gasteiger partial charge in [0.1, 0.15) is 6.61 Å². The molecule has 4 rings (SSSR count). The van der Waals surface area contributed by atoms with E-state index in [1.54, 1.807) is 23.9 Å². The molecule has 7 nitrogen and oxygen atoms in total. The zero-order valence-corrected chi connectivity index (χ0v) is 14.7. The Morgan fingerprint density at radius 1 is 1.15 bits per heavy atom. The number of thioether (sulfide) groups is 1. The lowest BCUT2D eigenvalue weighted by molar-refractivity contribution is -0.125. The highest BCUT2D eigenvalue weighted by Crippen LogP contribution is 2.31. The van der Waals surface area contributed by atoms with Gasteiger partial charge >= 0.3 is 6.01 Å². The molecule has 1 N–H and O–H groups in total. The topological polar surface area (TPSA) is 86.5 Å². The molecule has 132 valence electrons. The molecule has 0 bridgehead atoms. The Kier molecular flexibility index (Phi) is 4.49. The molecule has 1 unspecified atom stereocenters. The van der Waals surface area contributed by atoms with Crippen molar-refractivity contribution in [2.75, 3.05) is 18.2 Å². The van der Waals surface area contributed by atoms with Crippen molar-refractivity contribution in [3.63, 3.8) is 0 Å². The number of nitrogens with one attached hydrogen (secondary N) is 1. The number of rotatable bonds is 4. The highest BCUT2D eigenvalue weighted by atomic mass is 32.2. The van der Waals surface area contributed by atoms with Crippen molar-refractivity contribution >= 4 is 23.7 Å². The molecule has 1 aliphatic heterocycles. The molecular weight excluding hydrogens is 354 g/mol. The molecule has 1 amide bonds. The van der Waals surface area contributed by atoms with Gasteiger partial charge in [-0.3, -0.25) is 10.1 Å². The summed E-state index contributed by atoms with van der Waals surface area (Å²) in [6.45, 7) is 0.111. The van der Waals surface area contributed by atoms with E-state index >= 15 is 0 Å². The summed E-state index contributed by atoms with van der Waals surface area (Å²) in [5, 5.41) is 10.4. The van der Waals surface area contributed by atoms with Crippen LogP contribution in [0.15, 0.2) is 57.8 Å². The third-order valence-electron chi connectivity index (χ3n) is 3.77. The van der Waals surface area contributed by atoms with Crippen LogP contribution in [0.3, 0.4) is 0 Å². The van der Waals surface area contributed by atoms with Gasteiger partial charge in [-0.05, 0) is 36.6 Å². The number of anilines is 1. The third-order valence-corrected chi connectivity index (χ3v) is 4.50. The molecule has 0 radical (unpaired) electrons. The number of benzene rings is 2. The first-order valence-corrected chi connectivity index (χ1v) is 9.12. The van der Waals surface area contributed by atoms with Gasteiger partial charge in [0.05, 0.1) is 0 Å². The van der Waals surface area contributed by atoms with E-state index in [4.69, 9.17) is 13.9 Å². The van der Waals surface area contributed by atoms with Gasteiger partial charge in [0.15, 0.2) is 11.5 Å². The quantitative estimate of drug-likeness (QED) is 0.707. The normalized spacial score (nSPS) is 15.5. The summed E-state index contributed by atoms with van der Waals surface area (Å²) in [6, 6.07) is 14.9. The zero-order chi connectivity index (χ0) is 17.9. The Morgan fingerprint density at radius 3 is 2.85 bits per heavy atom. The maximum atomic E-state index is 12.4. The van der Waals surface area contributed by atoms with E-state index in [9.17, 15) is 4.79 Å². The van der Waals surface area contributed by atoms with Crippen LogP contribution in [0.5, 0.6) is 11.5 Å². The minimum atomic E-state index is -0.792. The van der Waals surface area contributed by atoms with Crippen molar-refractivity contribution in [1.82, 2.24) is 10.2 Å². The molecule has 26 heavy (non-hydrogen) atoms. The second-order valence-electron chi connectivity index (χ2n) is 5.50. The van der Waals surface area contributed by atoms with Crippen LogP contribution in [-0.2, 0) is 4.79 Å². The average Bonchev–Trinajstić information content (AvgIpc) is 3.16. The summed E-state index contributed by atoms with van der Waals surface area (Å²) in [5.74, 6) is 1.07. The van der Waals surface area contributed by atoms with E-state index in [0.29, 0.717) is 17.4 Å². The predicted octanol–water partition coefficient (Wildman–Crippen LogP) is 3.24. The number of ether oxygens (including phenoxy) is 2. The number of hydrogen-bond donors (Lipinski definition) is 1. The second-order valence-corrected chi connectivity index (χ2v) is 6.38. The molecule has 2 heterocycles. The van der Waals surface area contributed by atoms with E-state index in [1.807, 2.05) is 42.7 Å². The Balaban J connectivity index is 1.45. The van der Waals surface area contributed by atoms with E-state index in [0.717, 1.165) is 10.5 Å². The van der Waals surface area contributed by atoms with Crippen LogP contribution < -0.4 is 14.8 Å². The lowest BCUT2D eigenvalue weighted by Gasteiger charge is -2.24. The van der Waals surface area contributed by atoms with E-state index in [2.05, 4.69) is 15.5 Å². The van der Waals surface area contributed by atoms with E-state index in [-0.39, 0.29) is 12.6 Å². The zero-order valence-electron chi connectivity index (χ0n) is 13.8. The monoisotopic (exact) mass is 369 g/mol. The van der Waals surface area contributed by atoms with Crippen LogP contribution in [-0.4, -0.2) is 35.1 Å². The highest BCUT2D eigenvalue weighted by molar-refractivity contribution is 7.98. The fraction of sp³-hybridized carbons (Fsp3) is 0.167. The van der Waals surface area contributed by atoms with Gasteiger partial charge in [0.2, 0.25) is 12.0 Å². The Morgan fingerprint density at radius 2 is 2.00 bits per heavy atom. The second kappa shape index (κ2) is 7.09. The first kappa shape index (κ1) is 16.5. The first-order chi connectivity index (χ1) is 12.7. The van der Waals surface area contributed by atoms with Crippen LogP contribution in [0, 0.1) is 0 Å². The Hall–Kier alpha value is -3.00. The van der Waals surface area contributed by atoms with Crippen LogP contribution >= 0.6 is 11.8 Å². The minimum absolute atomic E-state index is 0.0158. The highest BCUT2D eigenvalue weighted by Gasteiger charge is 2.28. The van der Waals surface area contributed by atoms with Gasteiger partial charge in [-0.25, -0.2) is 0 Å². The largest absolute Gasteiger partial charge is 0.485 e. The first-order valence-electron chi connectivity index (χ1n) is 7.90. The molecule has 0 spiro atoms. The number of amides is 1. The van der Waals surface area contributed by atoms with Crippen LogP contribution in [0.25, 0.3) is 11.5 Å². The molecule has 0 saturated carbocycles. The molecular formula is C18H15N3O4S. The Labute approximate surface area is 153 Å². The maximum absolute atomic E-state index is 12.4. The van der Waals surface area contributed by atoms with E-state index in [1.165, 1.54) is 0 Å². The van der Waals surface area contributed by atoms with Crippen molar-refractivity contribution in [1.29, 1.82) is 0 Å². The molecule has 1 aliphatic rings. The van der Waals surface area contributed by atoms with Gasteiger partial charge < -0.3 is 13.9 Å². The fourth-order valence-electron chi connectivity index (χ4n) is 2.48.